The van der Waals surface area contributed by atoms with Gasteiger partial charge in [-0.2, -0.15) is 0 Å². The third-order valence-electron chi connectivity index (χ3n) is 18.4. The maximum Gasteiger partial charge on any atom is 0.309 e. The fourth-order valence-corrected chi connectivity index (χ4v) is 14.9. The van der Waals surface area contributed by atoms with Gasteiger partial charge in [-0.1, -0.05) is 79.5 Å². The molecule has 0 bridgehead atoms. The van der Waals surface area contributed by atoms with Crippen molar-refractivity contribution in [3.63, 3.8) is 0 Å². The van der Waals surface area contributed by atoms with Crippen molar-refractivity contribution in [2.45, 2.75) is 139 Å². The van der Waals surface area contributed by atoms with Crippen molar-refractivity contribution in [2.24, 2.45) is 68.0 Å². The van der Waals surface area contributed by atoms with E-state index in [0.717, 1.165) is 56.1 Å². The van der Waals surface area contributed by atoms with Crippen LogP contribution in [0.3, 0.4) is 0 Å². The van der Waals surface area contributed by atoms with Crippen LogP contribution in [0, 0.1) is 68.0 Å². The Morgan fingerprint density at radius 1 is 0.883 bits per heavy atom. The van der Waals surface area contributed by atoms with Crippen LogP contribution in [0.5, 0.6) is 5.75 Å². The number of Topliss-reactive ketones (excluding diaryl/α,β-unsaturated/α-hetero) is 1. The number of esters is 1. The molecular formula is C49H70ClNO9. The molecule has 7 rings (SSSR count). The molecule has 0 aromatic heterocycles. The molecule has 3 N–H and O–H groups in total. The van der Waals surface area contributed by atoms with Gasteiger partial charge in [-0.25, -0.2) is 0 Å². The molecular weight excluding hydrogens is 782 g/mol. The first kappa shape index (κ1) is 45.1. The Morgan fingerprint density at radius 2 is 1.60 bits per heavy atom. The lowest BCUT2D eigenvalue weighted by Crippen LogP contribution is -2.66. The number of aliphatic carboxylic acids is 1. The van der Waals surface area contributed by atoms with Crippen LogP contribution in [0.1, 0.15) is 137 Å². The average molecular weight is 853 g/mol. The van der Waals surface area contributed by atoms with Gasteiger partial charge in [0.2, 0.25) is 0 Å². The predicted octanol–water partition coefficient (Wildman–Crippen LogP) is 9.10. The number of carbonyl (C=O) groups excluding carboxylic acids is 3. The normalized spacial score (nSPS) is 38.1. The molecule has 0 radical (unpaired) electrons. The number of allylic oxidation sites excluding steroid dienone is 1. The maximum absolute atomic E-state index is 14.2. The number of methoxy groups -OCH3 is 1. The molecule has 6 aliphatic carbocycles. The van der Waals surface area contributed by atoms with Crippen LogP contribution >= 0.6 is 11.6 Å². The van der Waals surface area contributed by atoms with Gasteiger partial charge < -0.3 is 29.7 Å². The van der Waals surface area contributed by atoms with Gasteiger partial charge in [0.05, 0.1) is 30.1 Å². The number of benzene rings is 1. The molecule has 60 heavy (non-hydrogen) atoms. The van der Waals surface area contributed by atoms with E-state index in [9.17, 15) is 29.4 Å². The lowest BCUT2D eigenvalue weighted by molar-refractivity contribution is -0.238. The summed E-state index contributed by atoms with van der Waals surface area (Å²) in [6, 6.07) is 4.88. The van der Waals surface area contributed by atoms with Gasteiger partial charge in [0.25, 0.3) is 5.91 Å². The topological polar surface area (TPSA) is 148 Å². The first-order chi connectivity index (χ1) is 28.0. The average Bonchev–Trinajstić information content (AvgIpc) is 3.48. The Morgan fingerprint density at radius 3 is 2.25 bits per heavy atom. The fourth-order valence-electron chi connectivity index (χ4n) is 14.8. The third-order valence-corrected chi connectivity index (χ3v) is 18.6. The molecule has 6 aliphatic rings. The van der Waals surface area contributed by atoms with Crippen molar-refractivity contribution < 1.29 is 43.6 Å². The van der Waals surface area contributed by atoms with Crippen molar-refractivity contribution in [3.05, 3.63) is 39.9 Å². The quantitative estimate of drug-likeness (QED) is 0.138. The fraction of sp³-hybridized carbons (Fsp3) is 0.755. The standard InChI is InChI=1S/C49H70ClNO9/c1-27(2)39-33(52)25-49(37(53)26-51-41(54)29-12-11-28(50)23-34(29)59-22-21-58-10)20-19-47(8)30(40(39)49)13-14-36-46(7)17-16-38(45(5,6)35(46)15-18-48(36,47)9)60-43(57)32-24-31(42(55)56)44(32,3)4/h11-12,23,27,30-32,35-38,53H,13-22,24-26H2,1-10H3,(H,51,54)(H,55,56)/t30-,31+,32-,35+,36-,37+,38+,46+,47-,48-,49+/m1/s1. The second-order valence-corrected chi connectivity index (χ2v) is 22.3. The summed E-state index contributed by atoms with van der Waals surface area (Å²) in [6.45, 7) is 20.6. The molecule has 0 saturated heterocycles. The third kappa shape index (κ3) is 6.78. The number of halogens is 1. The summed E-state index contributed by atoms with van der Waals surface area (Å²) < 4.78 is 17.4. The summed E-state index contributed by atoms with van der Waals surface area (Å²) in [4.78, 5) is 53.3. The molecule has 11 atom stereocenters. The number of carboxylic acid groups (broad SMARTS) is 1. The molecule has 5 saturated carbocycles. The highest BCUT2D eigenvalue weighted by Gasteiger charge is 2.71. The number of carboxylic acids is 1. The van der Waals surface area contributed by atoms with Gasteiger partial charge in [0.1, 0.15) is 18.5 Å². The summed E-state index contributed by atoms with van der Waals surface area (Å²) in [6.07, 6.45) is 6.70. The van der Waals surface area contributed by atoms with Gasteiger partial charge in [-0.15, -0.1) is 0 Å². The van der Waals surface area contributed by atoms with Crippen molar-refractivity contribution >= 4 is 35.2 Å². The molecule has 0 aliphatic heterocycles. The highest BCUT2D eigenvalue weighted by Crippen LogP contribution is 2.77. The van der Waals surface area contributed by atoms with E-state index in [2.05, 4.69) is 53.8 Å². The maximum atomic E-state index is 14.2. The number of hydrogen-bond acceptors (Lipinski definition) is 8. The van der Waals surface area contributed by atoms with Gasteiger partial charge in [0.15, 0.2) is 5.78 Å². The minimum Gasteiger partial charge on any atom is -0.490 e. The number of ether oxygens (including phenoxy) is 3. The van der Waals surface area contributed by atoms with Crippen molar-refractivity contribution in [1.29, 1.82) is 0 Å². The number of amides is 1. The predicted molar refractivity (Wildman–Crippen MR) is 229 cm³/mol. The highest BCUT2D eigenvalue weighted by atomic mass is 35.5. The zero-order valence-corrected chi connectivity index (χ0v) is 38.4. The molecule has 1 amide bonds. The summed E-state index contributed by atoms with van der Waals surface area (Å²) >= 11 is 6.26. The summed E-state index contributed by atoms with van der Waals surface area (Å²) in [5.74, 6) is -1.03. The second-order valence-electron chi connectivity index (χ2n) is 21.8. The molecule has 10 nitrogen and oxygen atoms in total. The molecule has 332 valence electrons. The Labute approximate surface area is 362 Å². The number of fused-ring (bicyclic) bond motifs is 7. The first-order valence-corrected chi connectivity index (χ1v) is 23.0. The monoisotopic (exact) mass is 851 g/mol. The highest BCUT2D eigenvalue weighted by molar-refractivity contribution is 6.30. The van der Waals surface area contributed by atoms with E-state index < -0.39 is 34.7 Å². The van der Waals surface area contributed by atoms with Crippen molar-refractivity contribution in [1.82, 2.24) is 5.32 Å². The van der Waals surface area contributed by atoms with Crippen LogP contribution in [0.15, 0.2) is 29.3 Å². The largest absolute Gasteiger partial charge is 0.490 e. The number of carbonyl (C=O) groups is 4. The lowest BCUT2D eigenvalue weighted by atomic mass is 9.33. The lowest BCUT2D eigenvalue weighted by Gasteiger charge is -2.72. The second kappa shape index (κ2) is 15.7. The number of nitrogens with one attached hydrogen (secondary N) is 1. The molecule has 5 fully saturated rings. The summed E-state index contributed by atoms with van der Waals surface area (Å²) in [7, 11) is 1.58. The van der Waals surface area contributed by atoms with Crippen LogP contribution in [0.4, 0.5) is 0 Å². The van der Waals surface area contributed by atoms with Crippen molar-refractivity contribution in [2.75, 3.05) is 26.9 Å². The number of ketones is 1. The van der Waals surface area contributed by atoms with Crippen LogP contribution in [-0.4, -0.2) is 72.9 Å². The SMILES string of the molecule is COCCOc1cc(Cl)ccc1C(=O)NC[C@H](O)[C@@]12CC[C@]3(C)[C@H](CC[C@@H]4[C@@]5(C)CC[C@H](OC(=O)[C@H]6C[C@@H](C(=O)O)C6(C)C)C(C)(C)[C@@H]5CC[C@]43C)C1=C(C(C)C)C(=O)C2. The van der Waals surface area contributed by atoms with E-state index >= 15 is 0 Å². The van der Waals surface area contributed by atoms with Crippen LogP contribution in [-0.2, 0) is 23.9 Å². The summed E-state index contributed by atoms with van der Waals surface area (Å²) in [5, 5.41) is 25.5. The van der Waals surface area contributed by atoms with Gasteiger partial charge in [-0.3, -0.25) is 19.2 Å². The number of aliphatic hydroxyl groups is 1. The minimum atomic E-state index is -0.954. The molecule has 1 aromatic carbocycles. The molecule has 11 heteroatoms. The molecule has 0 spiro atoms. The van der Waals surface area contributed by atoms with E-state index in [-0.39, 0.29) is 76.8 Å². The zero-order chi connectivity index (χ0) is 44.0. The van der Waals surface area contributed by atoms with E-state index in [1.165, 1.54) is 0 Å². The van der Waals surface area contributed by atoms with E-state index in [4.69, 9.17) is 25.8 Å². The van der Waals surface area contributed by atoms with Crippen molar-refractivity contribution in [3.8, 4) is 5.75 Å². The molecule has 0 heterocycles. The Balaban J connectivity index is 1.12. The smallest absolute Gasteiger partial charge is 0.309 e. The number of rotatable bonds is 12. The van der Waals surface area contributed by atoms with E-state index in [0.29, 0.717) is 47.6 Å². The number of aliphatic hydroxyl groups excluding tert-OH is 1. The number of hydrogen-bond donors (Lipinski definition) is 3. The minimum absolute atomic E-state index is 0.00338. The van der Waals surface area contributed by atoms with Crippen LogP contribution in [0.25, 0.3) is 0 Å². The Hall–Kier alpha value is -2.95. The van der Waals surface area contributed by atoms with E-state index in [1.807, 2.05) is 13.8 Å². The Bertz CT molecular complexity index is 1940. The van der Waals surface area contributed by atoms with Crippen LogP contribution in [0.2, 0.25) is 5.02 Å². The summed E-state index contributed by atoms with van der Waals surface area (Å²) in [5.41, 5.74) is 0.600. The first-order valence-electron chi connectivity index (χ1n) is 22.6. The van der Waals surface area contributed by atoms with E-state index in [1.54, 1.807) is 25.3 Å². The van der Waals surface area contributed by atoms with Gasteiger partial charge in [-0.05, 0) is 127 Å². The Kier molecular flexibility index (Phi) is 11.8. The van der Waals surface area contributed by atoms with Gasteiger partial charge in [0, 0.05) is 35.9 Å². The zero-order valence-electron chi connectivity index (χ0n) is 37.7. The van der Waals surface area contributed by atoms with Gasteiger partial charge >= 0.3 is 11.9 Å². The molecule has 1 aromatic rings. The molecule has 0 unspecified atom stereocenters. The van der Waals surface area contributed by atoms with Crippen LogP contribution < -0.4 is 10.1 Å².